The van der Waals surface area contributed by atoms with E-state index in [4.69, 9.17) is 0 Å². The van der Waals surface area contributed by atoms with Crippen LogP contribution in [0.15, 0.2) is 24.3 Å². The summed E-state index contributed by atoms with van der Waals surface area (Å²) in [4.78, 5) is 24.0. The van der Waals surface area contributed by atoms with Gasteiger partial charge in [-0.15, -0.1) is 0 Å². The standard InChI is InChI=1S/C12H11F3N2O3/c1-17-9(6-20-11(17)19)10(18)16-8-5-3-2-4-7(8)12(13,14)15/h2-5,9H,6H2,1H3,(H,16,18). The fourth-order valence-electron chi connectivity index (χ4n) is 1.80. The maximum Gasteiger partial charge on any atom is 0.418 e. The molecule has 0 saturated carbocycles. The maximum atomic E-state index is 12.8. The van der Waals surface area contributed by atoms with Crippen LogP contribution < -0.4 is 5.32 Å². The Balaban J connectivity index is 2.19. The Kier molecular flexibility index (Phi) is 3.56. The van der Waals surface area contributed by atoms with Crippen molar-refractivity contribution in [2.75, 3.05) is 19.0 Å². The molecule has 2 rings (SSSR count). The number of rotatable bonds is 2. The molecule has 2 amide bonds. The van der Waals surface area contributed by atoms with Gasteiger partial charge in [-0.3, -0.25) is 9.69 Å². The third-order valence-corrected chi connectivity index (χ3v) is 2.91. The van der Waals surface area contributed by atoms with E-state index in [1.807, 2.05) is 0 Å². The zero-order chi connectivity index (χ0) is 14.9. The molecule has 1 atom stereocenters. The molecule has 8 heteroatoms. The molecule has 1 heterocycles. The highest BCUT2D eigenvalue weighted by molar-refractivity contribution is 5.98. The Labute approximate surface area is 112 Å². The first kappa shape index (κ1) is 14.2. The van der Waals surface area contributed by atoms with E-state index in [2.05, 4.69) is 10.1 Å². The second-order valence-electron chi connectivity index (χ2n) is 4.24. The maximum absolute atomic E-state index is 12.8. The minimum absolute atomic E-state index is 0.185. The minimum atomic E-state index is -4.57. The average molecular weight is 288 g/mol. The Bertz CT molecular complexity index is 545. The molecule has 1 aromatic carbocycles. The fraction of sp³-hybridized carbons (Fsp3) is 0.333. The molecule has 1 N–H and O–H groups in total. The predicted molar refractivity (Wildman–Crippen MR) is 63.0 cm³/mol. The number of carbonyl (C=O) groups excluding carboxylic acids is 2. The number of hydrogen-bond donors (Lipinski definition) is 1. The summed E-state index contributed by atoms with van der Waals surface area (Å²) >= 11 is 0. The van der Waals surface area contributed by atoms with E-state index >= 15 is 0 Å². The van der Waals surface area contributed by atoms with Crippen molar-refractivity contribution < 1.29 is 27.5 Å². The highest BCUT2D eigenvalue weighted by Crippen LogP contribution is 2.34. The van der Waals surface area contributed by atoms with Crippen LogP contribution in [0.25, 0.3) is 0 Å². The number of para-hydroxylation sites is 1. The van der Waals surface area contributed by atoms with Crippen LogP contribution in [0.5, 0.6) is 0 Å². The number of nitrogens with one attached hydrogen (secondary N) is 1. The first-order chi connectivity index (χ1) is 9.30. The van der Waals surface area contributed by atoms with Crippen molar-refractivity contribution in [3.8, 4) is 0 Å². The van der Waals surface area contributed by atoms with Gasteiger partial charge >= 0.3 is 12.3 Å². The number of carbonyl (C=O) groups is 2. The normalized spacial score (nSPS) is 18.9. The number of hydrogen-bond acceptors (Lipinski definition) is 3. The van der Waals surface area contributed by atoms with Gasteiger partial charge < -0.3 is 10.1 Å². The molecule has 1 aliphatic heterocycles. The molecule has 5 nitrogen and oxygen atoms in total. The van der Waals surface area contributed by atoms with Gasteiger partial charge in [-0.1, -0.05) is 12.1 Å². The number of amides is 2. The number of ether oxygens (including phenoxy) is 1. The smallest absolute Gasteiger partial charge is 0.418 e. The first-order valence-corrected chi connectivity index (χ1v) is 5.67. The Morgan fingerprint density at radius 1 is 1.40 bits per heavy atom. The molecule has 0 radical (unpaired) electrons. The zero-order valence-corrected chi connectivity index (χ0v) is 10.4. The quantitative estimate of drug-likeness (QED) is 0.906. The fourth-order valence-corrected chi connectivity index (χ4v) is 1.80. The van der Waals surface area contributed by atoms with E-state index in [1.54, 1.807) is 0 Å². The van der Waals surface area contributed by atoms with E-state index in [9.17, 15) is 22.8 Å². The zero-order valence-electron chi connectivity index (χ0n) is 10.4. The van der Waals surface area contributed by atoms with Gasteiger partial charge in [0.15, 0.2) is 0 Å². The molecule has 0 aliphatic carbocycles. The summed E-state index contributed by atoms with van der Waals surface area (Å²) in [5.74, 6) is -0.727. The first-order valence-electron chi connectivity index (χ1n) is 5.67. The number of alkyl halides is 3. The number of nitrogens with zero attached hydrogens (tertiary/aromatic N) is 1. The number of likely N-dealkylation sites (N-methyl/N-ethyl adjacent to an activating group) is 1. The van der Waals surface area contributed by atoms with Crippen LogP contribution in [0.2, 0.25) is 0 Å². The summed E-state index contributed by atoms with van der Waals surface area (Å²) in [6.45, 7) is -0.185. The van der Waals surface area contributed by atoms with Crippen molar-refractivity contribution in [2.24, 2.45) is 0 Å². The lowest BCUT2D eigenvalue weighted by atomic mass is 10.1. The monoisotopic (exact) mass is 288 g/mol. The number of benzene rings is 1. The highest BCUT2D eigenvalue weighted by Gasteiger charge is 2.37. The molecular weight excluding hydrogens is 277 g/mol. The van der Waals surface area contributed by atoms with Gasteiger partial charge in [-0.2, -0.15) is 13.2 Å². The van der Waals surface area contributed by atoms with Crippen molar-refractivity contribution >= 4 is 17.7 Å². The van der Waals surface area contributed by atoms with E-state index in [-0.39, 0.29) is 12.3 Å². The molecular formula is C12H11F3N2O3. The van der Waals surface area contributed by atoms with Gasteiger partial charge in [0.1, 0.15) is 12.6 Å². The Morgan fingerprint density at radius 2 is 2.05 bits per heavy atom. The lowest BCUT2D eigenvalue weighted by Gasteiger charge is -2.18. The second-order valence-corrected chi connectivity index (χ2v) is 4.24. The van der Waals surface area contributed by atoms with Gasteiger partial charge in [0.25, 0.3) is 5.91 Å². The van der Waals surface area contributed by atoms with Crippen LogP contribution in [0.1, 0.15) is 5.56 Å². The molecule has 1 aromatic rings. The molecule has 0 aromatic heterocycles. The van der Waals surface area contributed by atoms with Crippen LogP contribution in [0.4, 0.5) is 23.7 Å². The van der Waals surface area contributed by atoms with Gasteiger partial charge in [0.2, 0.25) is 0 Å². The molecule has 108 valence electrons. The molecule has 1 unspecified atom stereocenters. The SMILES string of the molecule is CN1C(=O)OCC1C(=O)Nc1ccccc1C(F)(F)F. The van der Waals surface area contributed by atoms with Crippen molar-refractivity contribution in [2.45, 2.75) is 12.2 Å². The predicted octanol–water partition coefficient (Wildman–Crippen LogP) is 2.09. The molecule has 1 aliphatic rings. The topological polar surface area (TPSA) is 58.6 Å². The van der Waals surface area contributed by atoms with Crippen molar-refractivity contribution in [3.63, 3.8) is 0 Å². The summed E-state index contributed by atoms with van der Waals surface area (Å²) in [6, 6.07) is 3.69. The van der Waals surface area contributed by atoms with E-state index < -0.39 is 29.8 Å². The second kappa shape index (κ2) is 5.03. The van der Waals surface area contributed by atoms with Crippen LogP contribution in [0, 0.1) is 0 Å². The van der Waals surface area contributed by atoms with Crippen LogP contribution in [0.3, 0.4) is 0 Å². The Morgan fingerprint density at radius 3 is 2.60 bits per heavy atom. The lowest BCUT2D eigenvalue weighted by Crippen LogP contribution is -2.40. The van der Waals surface area contributed by atoms with E-state index in [0.29, 0.717) is 0 Å². The van der Waals surface area contributed by atoms with Crippen LogP contribution in [-0.2, 0) is 15.7 Å². The third-order valence-electron chi connectivity index (χ3n) is 2.91. The number of cyclic esters (lactones) is 1. The molecule has 1 saturated heterocycles. The molecule has 0 spiro atoms. The third kappa shape index (κ3) is 2.68. The van der Waals surface area contributed by atoms with Gasteiger partial charge in [-0.05, 0) is 12.1 Å². The number of anilines is 1. The van der Waals surface area contributed by atoms with Crippen molar-refractivity contribution in [3.05, 3.63) is 29.8 Å². The summed E-state index contributed by atoms with van der Waals surface area (Å²) < 4.78 is 43.0. The molecule has 0 bridgehead atoms. The highest BCUT2D eigenvalue weighted by atomic mass is 19.4. The van der Waals surface area contributed by atoms with Gasteiger partial charge in [0.05, 0.1) is 11.3 Å². The summed E-state index contributed by atoms with van der Waals surface area (Å²) in [6.07, 6.45) is -5.26. The number of halogens is 3. The van der Waals surface area contributed by atoms with Crippen LogP contribution >= 0.6 is 0 Å². The van der Waals surface area contributed by atoms with Crippen LogP contribution in [-0.4, -0.2) is 36.6 Å². The lowest BCUT2D eigenvalue weighted by molar-refractivity contribution is -0.137. The Hall–Kier alpha value is -2.25. The molecule has 1 fully saturated rings. The largest absolute Gasteiger partial charge is 0.447 e. The van der Waals surface area contributed by atoms with Crippen molar-refractivity contribution in [1.29, 1.82) is 0 Å². The molecule has 20 heavy (non-hydrogen) atoms. The van der Waals surface area contributed by atoms with Crippen molar-refractivity contribution in [1.82, 2.24) is 4.90 Å². The average Bonchev–Trinajstić information content (AvgIpc) is 2.69. The summed E-state index contributed by atoms with van der Waals surface area (Å²) in [5.41, 5.74) is -1.29. The van der Waals surface area contributed by atoms with E-state index in [0.717, 1.165) is 17.0 Å². The van der Waals surface area contributed by atoms with Gasteiger partial charge in [-0.25, -0.2) is 4.79 Å². The minimum Gasteiger partial charge on any atom is -0.447 e. The van der Waals surface area contributed by atoms with Gasteiger partial charge in [0, 0.05) is 7.05 Å². The summed E-state index contributed by atoms with van der Waals surface area (Å²) in [7, 11) is 1.34. The summed E-state index contributed by atoms with van der Waals surface area (Å²) in [5, 5.41) is 2.18. The van der Waals surface area contributed by atoms with E-state index in [1.165, 1.54) is 19.2 Å².